The molecule has 2 aromatic rings. The molecule has 0 aliphatic carbocycles. The third-order valence-corrected chi connectivity index (χ3v) is 2.53. The van der Waals surface area contributed by atoms with E-state index in [1.807, 2.05) is 30.3 Å². The van der Waals surface area contributed by atoms with E-state index in [4.69, 9.17) is 9.57 Å². The smallest absolute Gasteiger partial charge is 0.163 e. The minimum absolute atomic E-state index is 0.0502. The Hall–Kier alpha value is -2.27. The molecule has 0 aliphatic heterocycles. The maximum Gasteiger partial charge on any atom is 0.163 e. The lowest BCUT2D eigenvalue weighted by Crippen LogP contribution is -2.03. The number of hydrogen-bond donors (Lipinski definition) is 2. The first-order valence-corrected chi connectivity index (χ1v) is 5.69. The first-order valence-electron chi connectivity index (χ1n) is 5.69. The van der Waals surface area contributed by atoms with Gasteiger partial charge >= 0.3 is 0 Å². The second kappa shape index (κ2) is 6.06. The summed E-state index contributed by atoms with van der Waals surface area (Å²) in [7, 11) is 1.35. The Kier molecular flexibility index (Phi) is 4.20. The van der Waals surface area contributed by atoms with Gasteiger partial charge in [-0.2, -0.15) is 0 Å². The monoisotopic (exact) mass is 263 g/mol. The maximum absolute atomic E-state index is 13.6. The van der Waals surface area contributed by atoms with Crippen LogP contribution in [0.3, 0.4) is 0 Å². The quantitative estimate of drug-likeness (QED) is 0.814. The largest absolute Gasteiger partial charge is 0.504 e. The van der Waals surface area contributed by atoms with Gasteiger partial charge in [-0.25, -0.2) is 4.39 Å². The maximum atomic E-state index is 13.6. The van der Waals surface area contributed by atoms with Crippen LogP contribution in [0.1, 0.15) is 5.56 Å². The Morgan fingerprint density at radius 1 is 1.21 bits per heavy atom. The van der Waals surface area contributed by atoms with Crippen molar-refractivity contribution in [3.63, 3.8) is 0 Å². The van der Waals surface area contributed by atoms with Gasteiger partial charge in [0.25, 0.3) is 0 Å². The molecule has 2 rings (SSSR count). The molecular formula is C14H14FNO3. The topological polar surface area (TPSA) is 50.7 Å². The first kappa shape index (κ1) is 13.2. The molecule has 100 valence electrons. The van der Waals surface area contributed by atoms with Crippen molar-refractivity contribution in [2.45, 2.75) is 6.61 Å². The number of phenols is 1. The third-order valence-electron chi connectivity index (χ3n) is 2.53. The molecule has 4 nitrogen and oxygen atoms in total. The van der Waals surface area contributed by atoms with Crippen molar-refractivity contribution in [3.05, 3.63) is 53.8 Å². The average molecular weight is 263 g/mol. The molecule has 0 fully saturated rings. The zero-order valence-corrected chi connectivity index (χ0v) is 10.4. The predicted molar refractivity (Wildman–Crippen MR) is 69.5 cm³/mol. The molecule has 0 spiro atoms. The van der Waals surface area contributed by atoms with Crippen LogP contribution in [-0.2, 0) is 11.4 Å². The highest BCUT2D eigenvalue weighted by Gasteiger charge is 2.09. The van der Waals surface area contributed by atoms with Gasteiger partial charge in [0.05, 0.1) is 13.7 Å². The summed E-state index contributed by atoms with van der Waals surface area (Å²) in [5.74, 6) is -0.650. The van der Waals surface area contributed by atoms with Crippen molar-refractivity contribution in [2.75, 3.05) is 12.6 Å². The highest BCUT2D eigenvalue weighted by Crippen LogP contribution is 2.31. The van der Waals surface area contributed by atoms with E-state index in [-0.39, 0.29) is 23.8 Å². The molecule has 0 bridgehead atoms. The van der Waals surface area contributed by atoms with Crippen molar-refractivity contribution >= 4 is 5.69 Å². The van der Waals surface area contributed by atoms with Crippen LogP contribution in [0.5, 0.6) is 11.5 Å². The molecule has 5 heteroatoms. The number of halogens is 1. The van der Waals surface area contributed by atoms with Crippen LogP contribution in [0.4, 0.5) is 10.1 Å². The van der Waals surface area contributed by atoms with Gasteiger partial charge in [0, 0.05) is 12.1 Å². The van der Waals surface area contributed by atoms with E-state index < -0.39 is 5.82 Å². The fourth-order valence-electron chi connectivity index (χ4n) is 1.56. The van der Waals surface area contributed by atoms with Crippen LogP contribution in [0.15, 0.2) is 42.5 Å². The number of phenolic OH excluding ortho intramolecular Hbond substituents is 1. The lowest BCUT2D eigenvalue weighted by Gasteiger charge is -2.10. The van der Waals surface area contributed by atoms with E-state index >= 15 is 0 Å². The minimum atomic E-state index is -0.567. The number of nitrogens with one attached hydrogen (secondary N) is 1. The summed E-state index contributed by atoms with van der Waals surface area (Å²) in [6.07, 6.45) is 0. The molecule has 0 aromatic heterocycles. The van der Waals surface area contributed by atoms with Crippen LogP contribution >= 0.6 is 0 Å². The van der Waals surface area contributed by atoms with Gasteiger partial charge in [-0.1, -0.05) is 30.3 Å². The summed E-state index contributed by atoms with van der Waals surface area (Å²) < 4.78 is 18.4. The second-order valence-corrected chi connectivity index (χ2v) is 3.88. The fourth-order valence-corrected chi connectivity index (χ4v) is 1.56. The van der Waals surface area contributed by atoms with E-state index in [1.165, 1.54) is 13.2 Å². The van der Waals surface area contributed by atoms with Crippen LogP contribution in [0.2, 0.25) is 0 Å². The fraction of sp³-hybridized carbons (Fsp3) is 0.143. The minimum Gasteiger partial charge on any atom is -0.504 e. The average Bonchev–Trinajstić information content (AvgIpc) is 2.43. The van der Waals surface area contributed by atoms with Crippen molar-refractivity contribution < 1.29 is 19.1 Å². The molecule has 2 aromatic carbocycles. The molecule has 2 N–H and O–H groups in total. The van der Waals surface area contributed by atoms with Crippen molar-refractivity contribution in [1.82, 2.24) is 0 Å². The van der Waals surface area contributed by atoms with Crippen LogP contribution < -0.4 is 10.2 Å². The van der Waals surface area contributed by atoms with Crippen LogP contribution in [-0.4, -0.2) is 12.2 Å². The van der Waals surface area contributed by atoms with Gasteiger partial charge in [-0.3, -0.25) is 10.3 Å². The predicted octanol–water partition coefficient (Wildman–Crippen LogP) is 3.08. The summed E-state index contributed by atoms with van der Waals surface area (Å²) in [5, 5.41) is 9.54. The summed E-state index contributed by atoms with van der Waals surface area (Å²) in [6, 6.07) is 11.8. The van der Waals surface area contributed by atoms with Gasteiger partial charge in [-0.15, -0.1) is 0 Å². The van der Waals surface area contributed by atoms with Crippen molar-refractivity contribution in [3.8, 4) is 11.5 Å². The van der Waals surface area contributed by atoms with Crippen molar-refractivity contribution in [2.24, 2.45) is 0 Å². The van der Waals surface area contributed by atoms with Gasteiger partial charge in [-0.05, 0) is 5.56 Å². The first-order chi connectivity index (χ1) is 9.20. The SMILES string of the molecule is COc1cc(F)c(NOCc2ccccc2)cc1O. The lowest BCUT2D eigenvalue weighted by atomic mass is 10.2. The van der Waals surface area contributed by atoms with Gasteiger partial charge in [0.15, 0.2) is 17.3 Å². The summed E-state index contributed by atoms with van der Waals surface area (Å²) in [5.41, 5.74) is 3.47. The number of aromatic hydroxyl groups is 1. The Morgan fingerprint density at radius 3 is 2.63 bits per heavy atom. The normalized spacial score (nSPS) is 10.2. The Bertz CT molecular complexity index is 546. The van der Waals surface area contributed by atoms with Gasteiger partial charge in [0.2, 0.25) is 0 Å². The van der Waals surface area contributed by atoms with Gasteiger partial charge < -0.3 is 9.84 Å². The van der Waals surface area contributed by atoms with E-state index in [0.717, 1.165) is 11.6 Å². The number of methoxy groups -OCH3 is 1. The number of anilines is 1. The number of ether oxygens (including phenoxy) is 1. The number of benzene rings is 2. The van der Waals surface area contributed by atoms with Crippen LogP contribution in [0.25, 0.3) is 0 Å². The molecule has 0 radical (unpaired) electrons. The van der Waals surface area contributed by atoms with E-state index in [0.29, 0.717) is 0 Å². The zero-order chi connectivity index (χ0) is 13.7. The number of rotatable bonds is 5. The zero-order valence-electron chi connectivity index (χ0n) is 10.4. The molecule has 19 heavy (non-hydrogen) atoms. The molecule has 0 heterocycles. The highest BCUT2D eigenvalue weighted by atomic mass is 19.1. The molecular weight excluding hydrogens is 249 g/mol. The Labute approximate surface area is 110 Å². The molecule has 0 saturated carbocycles. The third kappa shape index (κ3) is 3.35. The molecule has 0 saturated heterocycles. The molecule has 0 unspecified atom stereocenters. The second-order valence-electron chi connectivity index (χ2n) is 3.88. The van der Waals surface area contributed by atoms with Crippen LogP contribution in [0, 0.1) is 5.82 Å². The summed E-state index contributed by atoms with van der Waals surface area (Å²) in [4.78, 5) is 5.17. The highest BCUT2D eigenvalue weighted by molar-refractivity contribution is 5.54. The Balaban J connectivity index is 1.98. The number of hydrogen-bond acceptors (Lipinski definition) is 4. The molecule has 0 aliphatic rings. The van der Waals surface area contributed by atoms with E-state index in [2.05, 4.69) is 5.48 Å². The Morgan fingerprint density at radius 2 is 1.95 bits per heavy atom. The van der Waals surface area contributed by atoms with E-state index in [9.17, 15) is 9.50 Å². The lowest BCUT2D eigenvalue weighted by molar-refractivity contribution is 0.178. The molecule has 0 amide bonds. The standard InChI is InChI=1S/C14H14FNO3/c1-18-14-7-11(15)12(8-13(14)17)16-19-9-10-5-3-2-4-6-10/h2-8,16-17H,9H2,1H3. The van der Waals surface area contributed by atoms with Gasteiger partial charge in [0.1, 0.15) is 5.69 Å². The summed E-state index contributed by atoms with van der Waals surface area (Å²) in [6.45, 7) is 0.285. The summed E-state index contributed by atoms with van der Waals surface area (Å²) >= 11 is 0. The molecule has 0 atom stereocenters. The van der Waals surface area contributed by atoms with E-state index in [1.54, 1.807) is 0 Å². The van der Waals surface area contributed by atoms with Crippen molar-refractivity contribution in [1.29, 1.82) is 0 Å².